The molecule has 278 valence electrons. The third-order valence-electron chi connectivity index (χ3n) is 9.49. The molecule has 0 fully saturated rings. The van der Waals surface area contributed by atoms with Crippen molar-refractivity contribution in [3.63, 3.8) is 0 Å². The Labute approximate surface area is 292 Å². The third-order valence-corrected chi connectivity index (χ3v) is 9.49. The van der Waals surface area contributed by atoms with Crippen LogP contribution in [0, 0.1) is 0 Å². The molecule has 0 aliphatic heterocycles. The third kappa shape index (κ3) is 34.5. The molecule has 0 rings (SSSR count). The van der Waals surface area contributed by atoms with Gasteiger partial charge in [-0.2, -0.15) is 0 Å². The Morgan fingerprint density at radius 2 is 0.915 bits per heavy atom. The Kier molecular flexibility index (Phi) is 36.7. The van der Waals surface area contributed by atoms with Gasteiger partial charge in [-0.05, 0) is 32.1 Å². The van der Waals surface area contributed by atoms with Crippen molar-refractivity contribution in [2.45, 2.75) is 231 Å². The predicted molar refractivity (Wildman–Crippen MR) is 204 cm³/mol. The molecule has 47 heavy (non-hydrogen) atoms. The number of rotatable bonds is 37. The minimum atomic E-state index is -0.947. The van der Waals surface area contributed by atoms with Crippen LogP contribution in [0.5, 0.6) is 0 Å². The molecule has 3 atom stereocenters. The number of allylic oxidation sites excluding steroid dienone is 3. The summed E-state index contributed by atoms with van der Waals surface area (Å²) in [5, 5.41) is 33.1. The van der Waals surface area contributed by atoms with E-state index in [2.05, 4.69) is 31.3 Å². The van der Waals surface area contributed by atoms with Crippen LogP contribution in [0.25, 0.3) is 0 Å². The summed E-state index contributed by atoms with van der Waals surface area (Å²) in [5.74, 6) is -0.324. The lowest BCUT2D eigenvalue weighted by molar-refractivity contribution is -0.124. The predicted octanol–water partition coefficient (Wildman–Crippen LogP) is 11.4. The number of hydrogen-bond acceptors (Lipinski definition) is 4. The van der Waals surface area contributed by atoms with Crippen LogP contribution in [0.3, 0.4) is 0 Å². The smallest absolute Gasteiger partial charge is 0.222 e. The molecule has 0 aliphatic rings. The van der Waals surface area contributed by atoms with Crippen molar-refractivity contribution in [2.75, 3.05) is 6.61 Å². The lowest BCUT2D eigenvalue weighted by Crippen LogP contribution is -2.45. The Balaban J connectivity index is 3.71. The average Bonchev–Trinajstić information content (AvgIpc) is 3.06. The molecule has 0 saturated heterocycles. The van der Waals surface area contributed by atoms with E-state index in [1.54, 1.807) is 6.08 Å². The Hall–Kier alpha value is -1.17. The maximum absolute atomic E-state index is 12.4. The molecule has 0 spiro atoms. The molecule has 5 nitrogen and oxygen atoms in total. The van der Waals surface area contributed by atoms with Crippen LogP contribution >= 0.6 is 0 Å². The summed E-state index contributed by atoms with van der Waals surface area (Å²) in [4.78, 5) is 12.4. The topological polar surface area (TPSA) is 89.8 Å². The second-order valence-electron chi connectivity index (χ2n) is 14.2. The first-order chi connectivity index (χ1) is 23.0. The number of carbonyl (C=O) groups is 1. The fourth-order valence-electron chi connectivity index (χ4n) is 6.30. The second kappa shape index (κ2) is 37.6. The Bertz CT molecular complexity index is 694. The molecule has 0 radical (unpaired) electrons. The van der Waals surface area contributed by atoms with Crippen molar-refractivity contribution in [1.29, 1.82) is 0 Å². The van der Waals surface area contributed by atoms with Gasteiger partial charge in [0, 0.05) is 0 Å². The maximum Gasteiger partial charge on any atom is 0.222 e. The normalized spacial score (nSPS) is 13.9. The molecule has 5 heteroatoms. The zero-order valence-corrected chi connectivity index (χ0v) is 31.4. The molecule has 0 saturated carbocycles. The number of aliphatic hydroxyl groups excluding tert-OH is 3. The van der Waals surface area contributed by atoms with Crippen LogP contribution in [0.15, 0.2) is 24.3 Å². The number of hydrogen-bond donors (Lipinski definition) is 4. The molecule has 0 aromatic carbocycles. The van der Waals surface area contributed by atoms with Crippen LogP contribution in [-0.4, -0.2) is 46.1 Å². The molecule has 3 unspecified atom stereocenters. The van der Waals surface area contributed by atoms with E-state index in [9.17, 15) is 20.1 Å². The van der Waals surface area contributed by atoms with Gasteiger partial charge in [0.05, 0.1) is 31.3 Å². The highest BCUT2D eigenvalue weighted by Crippen LogP contribution is 2.15. The van der Waals surface area contributed by atoms with Gasteiger partial charge in [0.1, 0.15) is 0 Å². The quantitative estimate of drug-likeness (QED) is 0.0393. The summed E-state index contributed by atoms with van der Waals surface area (Å²) in [6.45, 7) is 4.20. The van der Waals surface area contributed by atoms with Gasteiger partial charge in [0.2, 0.25) is 5.91 Å². The summed E-state index contributed by atoms with van der Waals surface area (Å²) in [6, 6.07) is -0.756. The van der Waals surface area contributed by atoms with Crippen molar-refractivity contribution in [3.05, 3.63) is 24.3 Å². The number of nitrogens with one attached hydrogen (secondary N) is 1. The Morgan fingerprint density at radius 3 is 1.36 bits per heavy atom. The first-order valence-corrected chi connectivity index (χ1v) is 20.6. The van der Waals surface area contributed by atoms with Gasteiger partial charge in [0.25, 0.3) is 0 Å². The Morgan fingerprint density at radius 1 is 0.532 bits per heavy atom. The van der Waals surface area contributed by atoms with E-state index in [0.717, 1.165) is 32.1 Å². The van der Waals surface area contributed by atoms with Crippen molar-refractivity contribution in [3.8, 4) is 0 Å². The van der Waals surface area contributed by atoms with Gasteiger partial charge < -0.3 is 20.6 Å². The molecule has 4 N–H and O–H groups in total. The first kappa shape index (κ1) is 45.8. The highest BCUT2D eigenvalue weighted by molar-refractivity contribution is 5.76. The van der Waals surface area contributed by atoms with E-state index >= 15 is 0 Å². The first-order valence-electron chi connectivity index (χ1n) is 20.6. The summed E-state index contributed by atoms with van der Waals surface area (Å²) < 4.78 is 0. The molecule has 0 aromatic rings. The fraction of sp³-hybridized carbons (Fsp3) is 0.881. The molecular formula is C42H81NO4. The van der Waals surface area contributed by atoms with Crippen LogP contribution in [0.4, 0.5) is 0 Å². The lowest BCUT2D eigenvalue weighted by atomic mass is 10.0. The van der Waals surface area contributed by atoms with E-state index in [1.807, 2.05) is 6.08 Å². The van der Waals surface area contributed by atoms with Gasteiger partial charge >= 0.3 is 0 Å². The second-order valence-corrected chi connectivity index (χ2v) is 14.2. The lowest BCUT2D eigenvalue weighted by Gasteiger charge is -2.21. The van der Waals surface area contributed by atoms with Gasteiger partial charge in [-0.3, -0.25) is 4.79 Å². The van der Waals surface area contributed by atoms with Crippen LogP contribution in [0.2, 0.25) is 0 Å². The van der Waals surface area contributed by atoms with E-state index in [-0.39, 0.29) is 18.9 Å². The average molecular weight is 664 g/mol. The summed E-state index contributed by atoms with van der Waals surface area (Å²) in [6.07, 6.45) is 44.5. The number of aliphatic hydroxyl groups is 3. The highest BCUT2D eigenvalue weighted by atomic mass is 16.3. The van der Waals surface area contributed by atoms with Crippen molar-refractivity contribution in [2.24, 2.45) is 0 Å². The SMILES string of the molecule is CCCCCCCCCCC/C=C/CC/C=C/C(O)C(CO)NC(=O)CC(O)CCCCCCCCCCCCCCCCCCC. The van der Waals surface area contributed by atoms with Gasteiger partial charge in [-0.25, -0.2) is 0 Å². The van der Waals surface area contributed by atoms with Crippen molar-refractivity contribution >= 4 is 5.91 Å². The number of unbranched alkanes of at least 4 members (excludes halogenated alkanes) is 26. The number of carbonyl (C=O) groups excluding carboxylic acids is 1. The zero-order chi connectivity index (χ0) is 34.5. The monoisotopic (exact) mass is 664 g/mol. The van der Waals surface area contributed by atoms with E-state index in [1.165, 1.54) is 154 Å². The molecular weight excluding hydrogens is 582 g/mol. The minimum absolute atomic E-state index is 0.00947. The summed E-state index contributed by atoms with van der Waals surface area (Å²) >= 11 is 0. The molecule has 0 heterocycles. The van der Waals surface area contributed by atoms with Gasteiger partial charge in [0.15, 0.2) is 0 Å². The summed E-state index contributed by atoms with van der Waals surface area (Å²) in [5.41, 5.74) is 0. The molecule has 0 aliphatic carbocycles. The largest absolute Gasteiger partial charge is 0.394 e. The molecule has 0 aromatic heterocycles. The van der Waals surface area contributed by atoms with E-state index in [4.69, 9.17) is 0 Å². The standard InChI is InChI=1S/C42H81NO4/c1-3-5-7-9-11-13-15-17-19-20-22-23-25-27-29-31-33-35-39(45)37-42(47)43-40(38-44)41(46)36-34-32-30-28-26-24-21-18-16-14-12-10-8-6-4-2/h26,28,34,36,39-41,44-46H,3-25,27,29-33,35,37-38H2,1-2H3,(H,43,47)/b28-26+,36-34+. The molecule has 1 amide bonds. The molecule has 0 bridgehead atoms. The van der Waals surface area contributed by atoms with Crippen LogP contribution in [0.1, 0.15) is 213 Å². The van der Waals surface area contributed by atoms with Crippen molar-refractivity contribution in [1.82, 2.24) is 5.32 Å². The fourth-order valence-corrected chi connectivity index (χ4v) is 6.30. The van der Waals surface area contributed by atoms with Crippen molar-refractivity contribution < 1.29 is 20.1 Å². The number of amides is 1. The maximum atomic E-state index is 12.4. The van der Waals surface area contributed by atoms with Gasteiger partial charge in [-0.15, -0.1) is 0 Å². The summed E-state index contributed by atoms with van der Waals surface area (Å²) in [7, 11) is 0. The van der Waals surface area contributed by atoms with Crippen LogP contribution < -0.4 is 5.32 Å². The van der Waals surface area contributed by atoms with Crippen LogP contribution in [-0.2, 0) is 4.79 Å². The van der Waals surface area contributed by atoms with Gasteiger partial charge in [-0.1, -0.05) is 199 Å². The highest BCUT2D eigenvalue weighted by Gasteiger charge is 2.20. The van der Waals surface area contributed by atoms with E-state index < -0.39 is 18.2 Å². The minimum Gasteiger partial charge on any atom is -0.394 e. The van der Waals surface area contributed by atoms with E-state index in [0.29, 0.717) is 6.42 Å². The zero-order valence-electron chi connectivity index (χ0n) is 31.4.